The summed E-state index contributed by atoms with van der Waals surface area (Å²) in [6, 6.07) is 0. The zero-order valence-corrected chi connectivity index (χ0v) is 7.26. The Morgan fingerprint density at radius 3 is 2.00 bits per heavy atom. The van der Waals surface area contributed by atoms with Gasteiger partial charge >= 0.3 is 0 Å². The second-order valence-electron chi connectivity index (χ2n) is 3.21. The van der Waals surface area contributed by atoms with E-state index in [0.717, 1.165) is 0 Å². The monoisotopic (exact) mass is 210 g/mol. The van der Waals surface area contributed by atoms with Crippen molar-refractivity contribution in [3.63, 3.8) is 0 Å². The molecule has 0 radical (unpaired) electrons. The molecule has 0 bridgehead atoms. The molecule has 1 aliphatic rings. The highest BCUT2D eigenvalue weighted by Crippen LogP contribution is 2.23. The normalized spacial score (nSPS) is 42.4. The number of ether oxygens (including phenoxy) is 1. The van der Waals surface area contributed by atoms with Crippen molar-refractivity contribution in [2.45, 2.75) is 36.8 Å². The van der Waals surface area contributed by atoms with Crippen LogP contribution < -0.4 is 0 Å². The molecule has 0 saturated carbocycles. The Morgan fingerprint density at radius 1 is 1.07 bits per heavy atom. The highest BCUT2D eigenvalue weighted by atomic mass is 16.6. The van der Waals surface area contributed by atoms with Gasteiger partial charge in [-0.25, -0.2) is 0 Å². The second-order valence-corrected chi connectivity index (χ2v) is 3.21. The lowest BCUT2D eigenvalue weighted by molar-refractivity contribution is -0.164. The van der Waals surface area contributed by atoms with Crippen LogP contribution in [0.4, 0.5) is 0 Å². The van der Waals surface area contributed by atoms with Crippen LogP contribution in [0.2, 0.25) is 0 Å². The van der Waals surface area contributed by atoms with Crippen molar-refractivity contribution in [3.8, 4) is 0 Å². The quantitative estimate of drug-likeness (QED) is 0.281. The summed E-state index contributed by atoms with van der Waals surface area (Å²) in [4.78, 5) is 0. The summed E-state index contributed by atoms with van der Waals surface area (Å²) in [5.74, 6) is 0. The van der Waals surface area contributed by atoms with Gasteiger partial charge in [-0.2, -0.15) is 0 Å². The third-order valence-corrected chi connectivity index (χ3v) is 2.19. The van der Waals surface area contributed by atoms with Crippen LogP contribution in [0, 0.1) is 0 Å². The number of hydrogen-bond acceptors (Lipinski definition) is 7. The van der Waals surface area contributed by atoms with Crippen LogP contribution in [0.25, 0.3) is 0 Å². The largest absolute Gasteiger partial charge is 0.394 e. The topological polar surface area (TPSA) is 131 Å². The highest BCUT2D eigenvalue weighted by Gasteiger charge is 2.46. The van der Waals surface area contributed by atoms with E-state index in [1.165, 1.54) is 0 Å². The molecule has 0 spiro atoms. The Hall–Kier alpha value is -0.280. The van der Waals surface area contributed by atoms with Gasteiger partial charge in [-0.15, -0.1) is 0 Å². The van der Waals surface area contributed by atoms with E-state index in [0.29, 0.717) is 0 Å². The van der Waals surface area contributed by atoms with E-state index in [4.69, 9.17) is 20.4 Å². The summed E-state index contributed by atoms with van der Waals surface area (Å²) in [6.45, 7) is -0.708. The molecular weight excluding hydrogens is 196 g/mol. The van der Waals surface area contributed by atoms with Crippen molar-refractivity contribution in [2.75, 3.05) is 6.61 Å². The van der Waals surface area contributed by atoms with Crippen LogP contribution in [0.15, 0.2) is 0 Å². The Balaban J connectivity index is 2.61. The molecule has 1 fully saturated rings. The average Bonchev–Trinajstić information content (AvgIpc) is 2.43. The number of hydrogen-bond donors (Lipinski definition) is 6. The lowest BCUT2D eigenvalue weighted by atomic mass is 10.0. The van der Waals surface area contributed by atoms with Gasteiger partial charge in [0, 0.05) is 0 Å². The summed E-state index contributed by atoms with van der Waals surface area (Å²) in [7, 11) is 0. The fraction of sp³-hybridized carbons (Fsp3) is 1.00. The van der Waals surface area contributed by atoms with Gasteiger partial charge in [-0.3, -0.25) is 0 Å². The molecule has 6 N–H and O–H groups in total. The Morgan fingerprint density at radius 2 is 1.64 bits per heavy atom. The molecule has 1 heterocycles. The number of aliphatic hydroxyl groups is 6. The molecular formula is C7H14O7. The van der Waals surface area contributed by atoms with Crippen LogP contribution in [-0.4, -0.2) is 74.1 Å². The van der Waals surface area contributed by atoms with Gasteiger partial charge in [-0.05, 0) is 0 Å². The van der Waals surface area contributed by atoms with E-state index in [1.807, 2.05) is 0 Å². The molecule has 0 aromatic heterocycles. The SMILES string of the molecule is OC[C@H](O)[C@@H](O)[C@@H]1OC(O)[C@@H](O)[C@H]1O. The maximum atomic E-state index is 9.31. The van der Waals surface area contributed by atoms with E-state index in [9.17, 15) is 10.2 Å². The maximum Gasteiger partial charge on any atom is 0.184 e. The van der Waals surface area contributed by atoms with Crippen molar-refractivity contribution in [1.82, 2.24) is 0 Å². The molecule has 1 rings (SSSR count). The average molecular weight is 210 g/mol. The molecule has 84 valence electrons. The number of aliphatic hydroxyl groups excluding tert-OH is 6. The smallest absolute Gasteiger partial charge is 0.184 e. The molecule has 7 nitrogen and oxygen atoms in total. The zero-order valence-electron chi connectivity index (χ0n) is 7.26. The van der Waals surface area contributed by atoms with E-state index in [2.05, 4.69) is 4.74 Å². The van der Waals surface area contributed by atoms with Gasteiger partial charge in [0.25, 0.3) is 0 Å². The standard InChI is InChI=1S/C7H14O7/c8-1-2(9)3(10)6-4(11)5(12)7(13)14-6/h2-13H,1H2/t2-,3+,4+,5-,6-,7?/m0/s1. The molecule has 7 heteroatoms. The highest BCUT2D eigenvalue weighted by molar-refractivity contribution is 4.92. The van der Waals surface area contributed by atoms with Gasteiger partial charge < -0.3 is 35.4 Å². The molecule has 0 aromatic carbocycles. The van der Waals surface area contributed by atoms with Crippen LogP contribution >= 0.6 is 0 Å². The van der Waals surface area contributed by atoms with Crippen molar-refractivity contribution < 1.29 is 35.4 Å². The Labute approximate surface area is 79.8 Å². The second kappa shape index (κ2) is 4.49. The molecule has 6 atom stereocenters. The van der Waals surface area contributed by atoms with E-state index in [-0.39, 0.29) is 0 Å². The van der Waals surface area contributed by atoms with Crippen molar-refractivity contribution in [1.29, 1.82) is 0 Å². The molecule has 14 heavy (non-hydrogen) atoms. The predicted octanol–water partition coefficient (Wildman–Crippen LogP) is -3.86. The third-order valence-electron chi connectivity index (χ3n) is 2.19. The maximum absolute atomic E-state index is 9.31. The molecule has 0 aliphatic carbocycles. The first kappa shape index (κ1) is 11.8. The summed E-state index contributed by atoms with van der Waals surface area (Å²) in [6.07, 6.45) is -9.01. The summed E-state index contributed by atoms with van der Waals surface area (Å²) in [5, 5.41) is 54.1. The van der Waals surface area contributed by atoms with E-state index in [1.54, 1.807) is 0 Å². The van der Waals surface area contributed by atoms with Crippen LogP contribution in [0.1, 0.15) is 0 Å². The van der Waals surface area contributed by atoms with Gasteiger partial charge in [0.2, 0.25) is 0 Å². The van der Waals surface area contributed by atoms with Crippen LogP contribution in [-0.2, 0) is 4.74 Å². The fourth-order valence-electron chi connectivity index (χ4n) is 1.29. The van der Waals surface area contributed by atoms with Gasteiger partial charge in [0.05, 0.1) is 6.61 Å². The van der Waals surface area contributed by atoms with E-state index < -0.39 is 43.4 Å². The molecule has 1 unspecified atom stereocenters. The minimum absolute atomic E-state index is 0.708. The summed E-state index contributed by atoms with van der Waals surface area (Å²) >= 11 is 0. The lowest BCUT2D eigenvalue weighted by Gasteiger charge is -2.23. The van der Waals surface area contributed by atoms with Crippen molar-refractivity contribution in [2.24, 2.45) is 0 Å². The van der Waals surface area contributed by atoms with Crippen molar-refractivity contribution >= 4 is 0 Å². The first-order valence-electron chi connectivity index (χ1n) is 4.15. The zero-order chi connectivity index (χ0) is 10.9. The minimum Gasteiger partial charge on any atom is -0.394 e. The predicted molar refractivity (Wildman–Crippen MR) is 42.0 cm³/mol. The Bertz CT molecular complexity index is 187. The van der Waals surface area contributed by atoms with Crippen molar-refractivity contribution in [3.05, 3.63) is 0 Å². The van der Waals surface area contributed by atoms with Crippen LogP contribution in [0.5, 0.6) is 0 Å². The third kappa shape index (κ3) is 2.04. The molecule has 1 saturated heterocycles. The Kier molecular flexibility index (Phi) is 3.78. The number of rotatable bonds is 3. The molecule has 0 amide bonds. The molecule has 1 aliphatic heterocycles. The summed E-state index contributed by atoms with van der Waals surface area (Å²) < 4.78 is 4.61. The van der Waals surface area contributed by atoms with Gasteiger partial charge in [0.15, 0.2) is 6.29 Å². The lowest BCUT2D eigenvalue weighted by Crippen LogP contribution is -2.46. The fourth-order valence-corrected chi connectivity index (χ4v) is 1.29. The first-order valence-corrected chi connectivity index (χ1v) is 4.15. The van der Waals surface area contributed by atoms with Crippen LogP contribution in [0.3, 0.4) is 0 Å². The minimum atomic E-state index is -1.60. The van der Waals surface area contributed by atoms with E-state index >= 15 is 0 Å². The van der Waals surface area contributed by atoms with Gasteiger partial charge in [-0.1, -0.05) is 0 Å². The molecule has 0 aromatic rings. The summed E-state index contributed by atoms with van der Waals surface area (Å²) in [5.41, 5.74) is 0. The van der Waals surface area contributed by atoms with Gasteiger partial charge in [0.1, 0.15) is 30.5 Å². The first-order chi connectivity index (χ1) is 6.49.